The van der Waals surface area contributed by atoms with Crippen molar-refractivity contribution < 1.29 is 12.8 Å². The fraction of sp³-hybridized carbons (Fsp3) is 0.300. The van der Waals surface area contributed by atoms with Crippen molar-refractivity contribution >= 4 is 22.2 Å². The Kier molecular flexibility index (Phi) is 5.64. The van der Waals surface area contributed by atoms with Gasteiger partial charge in [0.2, 0.25) is 15.9 Å². The third-order valence-corrected chi connectivity index (χ3v) is 7.16. The van der Waals surface area contributed by atoms with Gasteiger partial charge in [-0.1, -0.05) is 35.9 Å². The van der Waals surface area contributed by atoms with Gasteiger partial charge < -0.3 is 4.42 Å². The van der Waals surface area contributed by atoms with E-state index in [-0.39, 0.29) is 0 Å². The minimum absolute atomic E-state index is 0.305. The Labute approximate surface area is 175 Å². The quantitative estimate of drug-likeness (QED) is 0.579. The van der Waals surface area contributed by atoms with Gasteiger partial charge in [-0.05, 0) is 43.4 Å². The highest BCUT2D eigenvalue weighted by Gasteiger charge is 2.28. The Bertz CT molecular complexity index is 1130. The van der Waals surface area contributed by atoms with Crippen molar-refractivity contribution in [1.82, 2.24) is 19.0 Å². The van der Waals surface area contributed by atoms with Crippen LogP contribution in [0.2, 0.25) is 0 Å². The largest absolute Gasteiger partial charge is 0.409 e. The molecule has 0 atom stereocenters. The molecule has 0 unspecified atom stereocenters. The summed E-state index contributed by atoms with van der Waals surface area (Å²) >= 11 is 5.31. The monoisotopic (exact) mass is 430 g/mol. The van der Waals surface area contributed by atoms with Gasteiger partial charge >= 0.3 is 0 Å². The van der Waals surface area contributed by atoms with E-state index in [1.54, 1.807) is 28.9 Å². The second kappa shape index (κ2) is 8.19. The van der Waals surface area contributed by atoms with Crippen molar-refractivity contribution in [3.8, 4) is 11.5 Å². The summed E-state index contributed by atoms with van der Waals surface area (Å²) in [6.07, 6.45) is 0. The number of rotatable bonds is 5. The van der Waals surface area contributed by atoms with Crippen LogP contribution in [0.25, 0.3) is 11.5 Å². The number of hydrogen-bond donors (Lipinski definition) is 0. The summed E-state index contributed by atoms with van der Waals surface area (Å²) in [5.74, 6) is 0.486. The molecule has 0 amide bonds. The Hall–Kier alpha value is -2.33. The molecule has 1 aliphatic heterocycles. The van der Waals surface area contributed by atoms with E-state index in [4.69, 9.17) is 16.6 Å². The molecule has 1 fully saturated rings. The van der Waals surface area contributed by atoms with Crippen LogP contribution in [0.1, 0.15) is 5.56 Å². The summed E-state index contributed by atoms with van der Waals surface area (Å²) in [6.45, 7) is 4.53. The lowest BCUT2D eigenvalue weighted by atomic mass is 10.1. The van der Waals surface area contributed by atoms with Gasteiger partial charge in [0, 0.05) is 31.7 Å². The smallest absolute Gasteiger partial charge is 0.288 e. The zero-order chi connectivity index (χ0) is 20.4. The molecular weight excluding hydrogens is 408 g/mol. The summed E-state index contributed by atoms with van der Waals surface area (Å²) in [6, 6.07) is 16.4. The number of piperazine rings is 1. The Morgan fingerprint density at radius 2 is 1.66 bits per heavy atom. The molecule has 1 aromatic heterocycles. The number of aromatic nitrogens is 2. The molecule has 4 rings (SSSR count). The van der Waals surface area contributed by atoms with Gasteiger partial charge in [-0.15, -0.1) is 5.10 Å². The van der Waals surface area contributed by atoms with Crippen LogP contribution in [0, 0.1) is 11.8 Å². The van der Waals surface area contributed by atoms with Crippen LogP contribution in [0.3, 0.4) is 0 Å². The van der Waals surface area contributed by atoms with Gasteiger partial charge in [-0.25, -0.2) is 13.1 Å². The molecule has 29 heavy (non-hydrogen) atoms. The van der Waals surface area contributed by atoms with Crippen LogP contribution in [0.5, 0.6) is 0 Å². The predicted molar refractivity (Wildman–Crippen MR) is 112 cm³/mol. The Morgan fingerprint density at radius 1 is 1.00 bits per heavy atom. The van der Waals surface area contributed by atoms with E-state index in [0.717, 1.165) is 11.1 Å². The number of sulfonamides is 1. The second-order valence-electron chi connectivity index (χ2n) is 7.02. The van der Waals surface area contributed by atoms with Gasteiger partial charge in [0.15, 0.2) is 0 Å². The van der Waals surface area contributed by atoms with Crippen molar-refractivity contribution in [2.24, 2.45) is 0 Å². The molecule has 152 valence electrons. The van der Waals surface area contributed by atoms with Gasteiger partial charge in [0.1, 0.15) is 0 Å². The van der Waals surface area contributed by atoms with E-state index in [0.29, 0.717) is 48.5 Å². The lowest BCUT2D eigenvalue weighted by Gasteiger charge is -2.33. The predicted octanol–water partition coefficient (Wildman–Crippen LogP) is 3.15. The van der Waals surface area contributed by atoms with Gasteiger partial charge in [-0.3, -0.25) is 4.90 Å². The summed E-state index contributed by atoms with van der Waals surface area (Å²) in [4.78, 5) is 2.75. The minimum Gasteiger partial charge on any atom is -0.409 e. The molecule has 0 aliphatic carbocycles. The van der Waals surface area contributed by atoms with Crippen LogP contribution >= 0.6 is 12.2 Å². The minimum atomic E-state index is -3.46. The lowest BCUT2D eigenvalue weighted by Crippen LogP contribution is -2.48. The van der Waals surface area contributed by atoms with Crippen molar-refractivity contribution in [3.05, 3.63) is 65.0 Å². The van der Waals surface area contributed by atoms with Gasteiger partial charge in [0.05, 0.1) is 11.6 Å². The fourth-order valence-corrected chi connectivity index (χ4v) is 4.87. The molecule has 2 heterocycles. The lowest BCUT2D eigenvalue weighted by molar-refractivity contribution is 0.143. The average Bonchev–Trinajstić information content (AvgIpc) is 3.10. The van der Waals surface area contributed by atoms with Gasteiger partial charge in [-0.2, -0.15) is 4.31 Å². The third-order valence-electron chi connectivity index (χ3n) is 4.95. The van der Waals surface area contributed by atoms with E-state index >= 15 is 0 Å². The number of aryl methyl sites for hydroxylation is 1. The molecule has 0 bridgehead atoms. The highest BCUT2D eigenvalue weighted by Crippen LogP contribution is 2.20. The normalized spacial score (nSPS) is 16.2. The number of benzene rings is 2. The van der Waals surface area contributed by atoms with Crippen LogP contribution in [0.15, 0.2) is 63.9 Å². The SMILES string of the molecule is Cc1ccc(-c2nn(CN3CCN(S(=O)(=O)c4ccccc4)CC3)c(=S)o2)cc1. The highest BCUT2D eigenvalue weighted by atomic mass is 32.2. The molecule has 3 aromatic rings. The first-order valence-corrected chi connectivity index (χ1v) is 11.2. The molecule has 9 heteroatoms. The van der Waals surface area contributed by atoms with Crippen LogP contribution in [-0.4, -0.2) is 53.6 Å². The van der Waals surface area contributed by atoms with Crippen LogP contribution in [-0.2, 0) is 16.7 Å². The van der Waals surface area contributed by atoms with Crippen molar-refractivity contribution in [2.45, 2.75) is 18.5 Å². The summed E-state index contributed by atoms with van der Waals surface area (Å²) in [5, 5.41) is 4.49. The third kappa shape index (κ3) is 4.32. The van der Waals surface area contributed by atoms with E-state index in [2.05, 4.69) is 10.00 Å². The average molecular weight is 431 g/mol. The van der Waals surface area contributed by atoms with E-state index in [1.165, 1.54) is 4.31 Å². The maximum atomic E-state index is 12.7. The molecule has 7 nitrogen and oxygen atoms in total. The van der Waals surface area contributed by atoms with Crippen LogP contribution in [0.4, 0.5) is 0 Å². The van der Waals surface area contributed by atoms with Crippen LogP contribution < -0.4 is 0 Å². The molecular formula is C20H22N4O3S2. The molecule has 2 aromatic carbocycles. The first-order chi connectivity index (χ1) is 13.9. The summed E-state index contributed by atoms with van der Waals surface area (Å²) in [5.41, 5.74) is 2.04. The zero-order valence-electron chi connectivity index (χ0n) is 16.1. The molecule has 0 N–H and O–H groups in total. The maximum absolute atomic E-state index is 12.7. The van der Waals surface area contributed by atoms with E-state index in [9.17, 15) is 8.42 Å². The molecule has 1 saturated heterocycles. The Balaban J connectivity index is 1.41. The molecule has 1 aliphatic rings. The standard InChI is InChI=1S/C20H22N4O3S2/c1-16-7-9-17(10-8-16)19-21-24(20(28)27-19)15-22-11-13-23(14-12-22)29(25,26)18-5-3-2-4-6-18/h2-10H,11-15H2,1H3. The topological polar surface area (TPSA) is 71.6 Å². The second-order valence-corrected chi connectivity index (χ2v) is 9.30. The van der Waals surface area contributed by atoms with Crippen molar-refractivity contribution in [2.75, 3.05) is 26.2 Å². The summed E-state index contributed by atoms with van der Waals surface area (Å²) < 4.78 is 34.3. The first kappa shape index (κ1) is 20.0. The molecule has 0 radical (unpaired) electrons. The Morgan fingerprint density at radius 3 is 2.31 bits per heavy atom. The number of nitrogens with zero attached hydrogens (tertiary/aromatic N) is 4. The first-order valence-electron chi connectivity index (χ1n) is 9.36. The van der Waals surface area contributed by atoms with Crippen molar-refractivity contribution in [3.63, 3.8) is 0 Å². The van der Waals surface area contributed by atoms with E-state index < -0.39 is 10.0 Å². The summed E-state index contributed by atoms with van der Waals surface area (Å²) in [7, 11) is -3.46. The number of hydrogen-bond acceptors (Lipinski definition) is 6. The van der Waals surface area contributed by atoms with Crippen molar-refractivity contribution in [1.29, 1.82) is 0 Å². The highest BCUT2D eigenvalue weighted by molar-refractivity contribution is 7.89. The molecule has 0 spiro atoms. The zero-order valence-corrected chi connectivity index (χ0v) is 17.7. The van der Waals surface area contributed by atoms with E-state index in [1.807, 2.05) is 37.3 Å². The fourth-order valence-electron chi connectivity index (χ4n) is 3.25. The van der Waals surface area contributed by atoms with Gasteiger partial charge in [0.25, 0.3) is 4.84 Å². The molecule has 0 saturated carbocycles. The maximum Gasteiger partial charge on any atom is 0.288 e.